The highest BCUT2D eigenvalue weighted by atomic mass is 35.5. The summed E-state index contributed by atoms with van der Waals surface area (Å²) in [6.07, 6.45) is 6.24. The Hall–Kier alpha value is -4.69. The SMILES string of the molecule is Cc1ccc(C2=CCC(C(Cc3ccc(F)cc3)c3ccc(-c4cc(Cl)ccc4-n4cnnn4)c[n+]3[O-])=N2)cc1. The van der Waals surface area contributed by atoms with Gasteiger partial charge in [0, 0.05) is 34.3 Å². The molecule has 0 saturated carbocycles. The molecule has 5 aromatic rings. The molecule has 3 aromatic carbocycles. The monoisotopic (exact) mass is 550 g/mol. The molecule has 1 unspecified atom stereocenters. The topological polar surface area (TPSA) is 82.9 Å². The number of halogens is 2. The minimum absolute atomic E-state index is 0.301. The summed E-state index contributed by atoms with van der Waals surface area (Å²) in [6, 6.07) is 23.7. The maximum atomic E-state index is 13.6. The smallest absolute Gasteiger partial charge is 0.201 e. The number of allylic oxidation sites excluding steroid dienone is 1. The van der Waals surface area contributed by atoms with E-state index in [1.54, 1.807) is 30.3 Å². The zero-order chi connectivity index (χ0) is 27.6. The Bertz CT molecular complexity index is 1730. The van der Waals surface area contributed by atoms with Crippen LogP contribution in [0.25, 0.3) is 22.5 Å². The Balaban J connectivity index is 1.39. The highest BCUT2D eigenvalue weighted by Gasteiger charge is 2.29. The van der Waals surface area contributed by atoms with Crippen molar-refractivity contribution in [1.29, 1.82) is 0 Å². The number of nitrogens with zero attached hydrogens (tertiary/aromatic N) is 6. The van der Waals surface area contributed by atoms with Crippen LogP contribution in [0.2, 0.25) is 5.02 Å². The number of hydrogen-bond donors (Lipinski definition) is 0. The van der Waals surface area contributed by atoms with Gasteiger partial charge in [0.2, 0.25) is 5.69 Å². The van der Waals surface area contributed by atoms with E-state index in [-0.39, 0.29) is 11.7 Å². The molecule has 0 saturated heterocycles. The molecule has 7 nitrogen and oxygen atoms in total. The molecule has 1 aliphatic rings. The third-order valence-electron chi connectivity index (χ3n) is 7.04. The fourth-order valence-electron chi connectivity index (χ4n) is 4.96. The molecular formula is C31H24ClFN6O. The van der Waals surface area contributed by atoms with Crippen molar-refractivity contribution in [3.63, 3.8) is 0 Å². The molecule has 0 bridgehead atoms. The number of aryl methyl sites for hydroxylation is 1. The summed E-state index contributed by atoms with van der Waals surface area (Å²) in [5.74, 6) is -0.612. The lowest BCUT2D eigenvalue weighted by Gasteiger charge is -2.18. The van der Waals surface area contributed by atoms with Gasteiger partial charge in [-0.25, -0.2) is 4.39 Å². The van der Waals surface area contributed by atoms with Crippen LogP contribution in [0, 0.1) is 17.9 Å². The maximum Gasteiger partial charge on any atom is 0.201 e. The lowest BCUT2D eigenvalue weighted by atomic mass is 9.89. The normalized spacial score (nSPS) is 13.7. The Morgan fingerprint density at radius 2 is 1.77 bits per heavy atom. The number of aliphatic imine (C=N–C) groups is 1. The largest absolute Gasteiger partial charge is 0.618 e. The number of benzene rings is 3. The minimum atomic E-state index is -0.311. The number of hydrogen-bond acceptors (Lipinski definition) is 5. The number of aromatic nitrogens is 5. The summed E-state index contributed by atoms with van der Waals surface area (Å²) in [5.41, 5.74) is 7.52. The molecule has 6 rings (SSSR count). The standard InChI is InChI=1S/C31H24ClFN6O/c1-20-2-6-22(7-3-20)28-12-13-29(35-28)27(16-21-4-10-25(33)11-5-21)31-14-8-23(18-39(31)40)26-17-24(32)9-15-30(26)38-19-34-36-37-38/h2-12,14-15,17-19,27H,13,16H2,1H3. The summed E-state index contributed by atoms with van der Waals surface area (Å²) in [5, 5.41) is 25.6. The molecule has 3 heterocycles. The van der Waals surface area contributed by atoms with Crippen molar-refractivity contribution >= 4 is 23.0 Å². The van der Waals surface area contributed by atoms with Gasteiger partial charge in [0.1, 0.15) is 12.1 Å². The zero-order valence-electron chi connectivity index (χ0n) is 21.6. The highest BCUT2D eigenvalue weighted by Crippen LogP contribution is 2.33. The number of rotatable bonds is 7. The fourth-order valence-corrected chi connectivity index (χ4v) is 5.13. The highest BCUT2D eigenvalue weighted by molar-refractivity contribution is 6.31. The second-order valence-corrected chi connectivity index (χ2v) is 10.2. The average molecular weight is 551 g/mol. The Morgan fingerprint density at radius 1 is 1.00 bits per heavy atom. The van der Waals surface area contributed by atoms with E-state index >= 15 is 0 Å². The second-order valence-electron chi connectivity index (χ2n) is 9.73. The van der Waals surface area contributed by atoms with Gasteiger partial charge < -0.3 is 5.21 Å². The molecule has 0 spiro atoms. The van der Waals surface area contributed by atoms with E-state index in [1.165, 1.54) is 34.9 Å². The first-order valence-corrected chi connectivity index (χ1v) is 13.2. The van der Waals surface area contributed by atoms with Crippen LogP contribution in [0.15, 0.2) is 102 Å². The summed E-state index contributed by atoms with van der Waals surface area (Å²) in [6.45, 7) is 2.05. The molecule has 198 valence electrons. The van der Waals surface area contributed by atoms with Gasteiger partial charge in [-0.3, -0.25) is 4.99 Å². The predicted molar refractivity (Wildman–Crippen MR) is 153 cm³/mol. The summed E-state index contributed by atoms with van der Waals surface area (Å²) in [7, 11) is 0. The quantitative estimate of drug-likeness (QED) is 0.176. The fraction of sp³-hybridized carbons (Fsp3) is 0.129. The van der Waals surface area contributed by atoms with Gasteiger partial charge in [0.05, 0.1) is 17.3 Å². The lowest BCUT2D eigenvalue weighted by molar-refractivity contribution is -0.614. The summed E-state index contributed by atoms with van der Waals surface area (Å²) >= 11 is 6.32. The van der Waals surface area contributed by atoms with E-state index in [0.717, 1.165) is 27.3 Å². The van der Waals surface area contributed by atoms with Crippen LogP contribution >= 0.6 is 11.6 Å². The van der Waals surface area contributed by atoms with Gasteiger partial charge in [-0.15, -0.1) is 5.10 Å². The molecule has 0 fully saturated rings. The van der Waals surface area contributed by atoms with Crippen molar-refractivity contribution < 1.29 is 9.12 Å². The molecule has 0 radical (unpaired) electrons. The van der Waals surface area contributed by atoms with Gasteiger partial charge in [-0.2, -0.15) is 9.41 Å². The van der Waals surface area contributed by atoms with Gasteiger partial charge in [0.25, 0.3) is 0 Å². The molecule has 1 atom stereocenters. The van der Waals surface area contributed by atoms with E-state index in [4.69, 9.17) is 16.6 Å². The van der Waals surface area contributed by atoms with Crippen LogP contribution in [0.3, 0.4) is 0 Å². The molecule has 0 amide bonds. The third kappa shape index (κ3) is 5.26. The molecule has 1 aliphatic heterocycles. The van der Waals surface area contributed by atoms with Crippen LogP contribution in [-0.2, 0) is 6.42 Å². The van der Waals surface area contributed by atoms with Crippen molar-refractivity contribution in [3.8, 4) is 16.8 Å². The van der Waals surface area contributed by atoms with Crippen LogP contribution in [0.4, 0.5) is 4.39 Å². The summed E-state index contributed by atoms with van der Waals surface area (Å²) in [4.78, 5) is 4.97. The van der Waals surface area contributed by atoms with Crippen molar-refractivity contribution in [3.05, 3.63) is 136 Å². The van der Waals surface area contributed by atoms with Crippen molar-refractivity contribution in [2.24, 2.45) is 4.99 Å². The molecule has 2 aromatic heterocycles. The molecule has 0 N–H and O–H groups in total. The van der Waals surface area contributed by atoms with Gasteiger partial charge in [0.15, 0.2) is 6.20 Å². The van der Waals surface area contributed by atoms with E-state index < -0.39 is 0 Å². The Morgan fingerprint density at radius 3 is 2.50 bits per heavy atom. The first-order valence-electron chi connectivity index (χ1n) is 12.8. The van der Waals surface area contributed by atoms with E-state index in [0.29, 0.717) is 40.4 Å². The first-order chi connectivity index (χ1) is 19.4. The second kappa shape index (κ2) is 10.8. The molecule has 0 aliphatic carbocycles. The number of pyridine rings is 1. The molecular weight excluding hydrogens is 527 g/mol. The maximum absolute atomic E-state index is 13.6. The first kappa shape index (κ1) is 25.6. The Kier molecular flexibility index (Phi) is 6.92. The third-order valence-corrected chi connectivity index (χ3v) is 7.27. The van der Waals surface area contributed by atoms with Crippen molar-refractivity contribution in [2.75, 3.05) is 0 Å². The van der Waals surface area contributed by atoms with Gasteiger partial charge >= 0.3 is 0 Å². The van der Waals surface area contributed by atoms with Crippen molar-refractivity contribution in [2.45, 2.75) is 25.7 Å². The minimum Gasteiger partial charge on any atom is -0.618 e. The van der Waals surface area contributed by atoms with E-state index in [2.05, 4.69) is 45.9 Å². The van der Waals surface area contributed by atoms with Crippen LogP contribution < -0.4 is 4.73 Å². The van der Waals surface area contributed by atoms with Crippen LogP contribution in [-0.4, -0.2) is 25.9 Å². The Labute approximate surface area is 235 Å². The van der Waals surface area contributed by atoms with E-state index in [1.807, 2.05) is 19.1 Å². The molecule has 40 heavy (non-hydrogen) atoms. The number of tetrazole rings is 1. The van der Waals surface area contributed by atoms with Crippen molar-refractivity contribution in [1.82, 2.24) is 20.2 Å². The zero-order valence-corrected chi connectivity index (χ0v) is 22.3. The van der Waals surface area contributed by atoms with E-state index in [9.17, 15) is 9.60 Å². The lowest BCUT2D eigenvalue weighted by Crippen LogP contribution is -2.36. The van der Waals surface area contributed by atoms with Gasteiger partial charge in [-0.1, -0.05) is 59.6 Å². The van der Waals surface area contributed by atoms with Crippen LogP contribution in [0.5, 0.6) is 0 Å². The summed E-state index contributed by atoms with van der Waals surface area (Å²) < 4.78 is 16.1. The molecule has 9 heteroatoms. The van der Waals surface area contributed by atoms with Gasteiger partial charge in [-0.05, 0) is 71.3 Å². The predicted octanol–water partition coefficient (Wildman–Crippen LogP) is 6.28. The van der Waals surface area contributed by atoms with Crippen LogP contribution in [0.1, 0.15) is 34.7 Å². The average Bonchev–Trinajstić information content (AvgIpc) is 3.67.